The average Bonchev–Trinajstić information content (AvgIpc) is 2.27. The molecular weight excluding hydrogens is 212 g/mol. The molecule has 1 aromatic heterocycles. The van der Waals surface area contributed by atoms with Crippen molar-refractivity contribution >= 4 is 23.3 Å². The van der Waals surface area contributed by atoms with E-state index in [1.807, 2.05) is 27.7 Å². The van der Waals surface area contributed by atoms with Gasteiger partial charge in [-0.15, -0.1) is 0 Å². The van der Waals surface area contributed by atoms with Crippen LogP contribution in [0.15, 0.2) is 18.3 Å². The molecule has 0 spiro atoms. The number of amides is 1. The summed E-state index contributed by atoms with van der Waals surface area (Å²) in [6.07, 6.45) is 1.48. The lowest BCUT2D eigenvalue weighted by atomic mass is 10.4. The van der Waals surface area contributed by atoms with Gasteiger partial charge in [0.05, 0.1) is 5.02 Å². The van der Waals surface area contributed by atoms with E-state index in [1.54, 1.807) is 12.1 Å². The number of aromatic nitrogens is 1. The van der Waals surface area contributed by atoms with Crippen LogP contribution in [-0.2, 0) is 4.79 Å². The van der Waals surface area contributed by atoms with Gasteiger partial charge in [0.25, 0.3) is 0 Å². The van der Waals surface area contributed by atoms with Gasteiger partial charge in [-0.25, -0.2) is 4.98 Å². The molecular formula is C11H19ClN2O. The number of rotatable bonds is 1. The quantitative estimate of drug-likeness (QED) is 0.799. The van der Waals surface area contributed by atoms with Gasteiger partial charge < -0.3 is 5.32 Å². The van der Waals surface area contributed by atoms with E-state index in [9.17, 15) is 4.79 Å². The standard InChI is InChI=1S/C7H7ClN2O.2C2H6/c1-5(11)10-7-3-2-6(8)4-9-7;2*1-2/h2-4H,1H3,(H,9,10,11);2*1-2H3. The van der Waals surface area contributed by atoms with Crippen LogP contribution in [0.25, 0.3) is 0 Å². The molecule has 0 atom stereocenters. The summed E-state index contributed by atoms with van der Waals surface area (Å²) in [6, 6.07) is 3.31. The Morgan fingerprint density at radius 3 is 2.13 bits per heavy atom. The summed E-state index contributed by atoms with van der Waals surface area (Å²) in [7, 11) is 0. The van der Waals surface area contributed by atoms with Crippen molar-refractivity contribution in [1.82, 2.24) is 4.98 Å². The number of halogens is 1. The summed E-state index contributed by atoms with van der Waals surface area (Å²) in [5, 5.41) is 3.08. The normalized spacial score (nSPS) is 7.60. The Kier molecular flexibility index (Phi) is 12.0. The maximum absolute atomic E-state index is 10.5. The predicted octanol–water partition coefficient (Wildman–Crippen LogP) is 3.75. The fourth-order valence-electron chi connectivity index (χ4n) is 0.630. The minimum atomic E-state index is -0.139. The van der Waals surface area contributed by atoms with E-state index in [0.717, 1.165) is 0 Å². The van der Waals surface area contributed by atoms with Gasteiger partial charge in [-0.05, 0) is 12.1 Å². The molecule has 1 aromatic rings. The van der Waals surface area contributed by atoms with Crippen molar-refractivity contribution in [2.24, 2.45) is 0 Å². The number of hydrogen-bond donors (Lipinski definition) is 1. The highest BCUT2D eigenvalue weighted by Crippen LogP contribution is 2.08. The van der Waals surface area contributed by atoms with Gasteiger partial charge in [0.2, 0.25) is 5.91 Å². The van der Waals surface area contributed by atoms with Gasteiger partial charge in [-0.1, -0.05) is 39.3 Å². The third-order valence-corrected chi connectivity index (χ3v) is 1.26. The third-order valence-electron chi connectivity index (χ3n) is 1.03. The monoisotopic (exact) mass is 230 g/mol. The molecule has 0 saturated heterocycles. The van der Waals surface area contributed by atoms with Crippen molar-refractivity contribution in [3.63, 3.8) is 0 Å². The van der Waals surface area contributed by atoms with E-state index < -0.39 is 0 Å². The second-order valence-electron chi connectivity index (χ2n) is 2.04. The smallest absolute Gasteiger partial charge is 0.222 e. The molecule has 15 heavy (non-hydrogen) atoms. The maximum Gasteiger partial charge on any atom is 0.222 e. The van der Waals surface area contributed by atoms with Crippen molar-refractivity contribution in [3.8, 4) is 0 Å². The highest BCUT2D eigenvalue weighted by Gasteiger charge is 1.94. The average molecular weight is 231 g/mol. The second-order valence-corrected chi connectivity index (χ2v) is 2.48. The molecule has 1 N–H and O–H groups in total. The zero-order valence-corrected chi connectivity index (χ0v) is 10.7. The molecule has 0 aromatic carbocycles. The lowest BCUT2D eigenvalue weighted by Gasteiger charge is -1.98. The number of carbonyl (C=O) groups excluding carboxylic acids is 1. The van der Waals surface area contributed by atoms with Gasteiger partial charge in [0, 0.05) is 13.1 Å². The van der Waals surface area contributed by atoms with E-state index in [4.69, 9.17) is 11.6 Å². The van der Waals surface area contributed by atoms with Crippen molar-refractivity contribution in [2.75, 3.05) is 5.32 Å². The van der Waals surface area contributed by atoms with E-state index >= 15 is 0 Å². The molecule has 0 radical (unpaired) electrons. The summed E-state index contributed by atoms with van der Waals surface area (Å²) in [4.78, 5) is 14.4. The minimum absolute atomic E-state index is 0.139. The molecule has 0 bridgehead atoms. The summed E-state index contributed by atoms with van der Waals surface area (Å²) in [5.41, 5.74) is 0. The molecule has 0 saturated carbocycles. The first kappa shape index (κ1) is 16.3. The van der Waals surface area contributed by atoms with Crippen LogP contribution in [0.3, 0.4) is 0 Å². The van der Waals surface area contributed by atoms with Crippen LogP contribution in [0.5, 0.6) is 0 Å². The Labute approximate surface area is 96.9 Å². The summed E-state index contributed by atoms with van der Waals surface area (Å²) < 4.78 is 0. The number of anilines is 1. The Balaban J connectivity index is 0. The molecule has 1 amide bonds. The van der Waals surface area contributed by atoms with E-state index in [-0.39, 0.29) is 5.91 Å². The van der Waals surface area contributed by atoms with Gasteiger partial charge >= 0.3 is 0 Å². The molecule has 3 nitrogen and oxygen atoms in total. The van der Waals surface area contributed by atoms with E-state index in [2.05, 4.69) is 10.3 Å². The van der Waals surface area contributed by atoms with Crippen LogP contribution < -0.4 is 5.32 Å². The van der Waals surface area contributed by atoms with E-state index in [1.165, 1.54) is 13.1 Å². The predicted molar refractivity (Wildman–Crippen MR) is 66.2 cm³/mol. The fraction of sp³-hybridized carbons (Fsp3) is 0.455. The van der Waals surface area contributed by atoms with Crippen molar-refractivity contribution in [2.45, 2.75) is 34.6 Å². The Hall–Kier alpha value is -1.09. The van der Waals surface area contributed by atoms with Crippen molar-refractivity contribution in [3.05, 3.63) is 23.4 Å². The lowest BCUT2D eigenvalue weighted by Crippen LogP contribution is -2.06. The molecule has 1 heterocycles. The Bertz CT molecular complexity index is 260. The Morgan fingerprint density at radius 1 is 1.27 bits per heavy atom. The first-order valence-electron chi connectivity index (χ1n) is 5.07. The number of nitrogens with one attached hydrogen (secondary N) is 1. The van der Waals surface area contributed by atoms with Gasteiger partial charge in [0.1, 0.15) is 5.82 Å². The molecule has 0 unspecified atom stereocenters. The lowest BCUT2D eigenvalue weighted by molar-refractivity contribution is -0.114. The third kappa shape index (κ3) is 9.22. The van der Waals surface area contributed by atoms with Crippen LogP contribution in [-0.4, -0.2) is 10.9 Å². The zero-order chi connectivity index (χ0) is 12.3. The SMILES string of the molecule is CC.CC.CC(=O)Nc1ccc(Cl)cn1. The van der Waals surface area contributed by atoms with Crippen LogP contribution in [0.1, 0.15) is 34.6 Å². The summed E-state index contributed by atoms with van der Waals surface area (Å²) in [5.74, 6) is 0.377. The first-order chi connectivity index (χ1) is 7.18. The van der Waals surface area contributed by atoms with Crippen LogP contribution >= 0.6 is 11.6 Å². The number of carbonyl (C=O) groups is 1. The molecule has 0 fully saturated rings. The summed E-state index contributed by atoms with van der Waals surface area (Å²) in [6.45, 7) is 9.43. The highest BCUT2D eigenvalue weighted by molar-refractivity contribution is 6.30. The molecule has 1 rings (SSSR count). The molecule has 86 valence electrons. The molecule has 0 aliphatic heterocycles. The van der Waals surface area contributed by atoms with Crippen molar-refractivity contribution < 1.29 is 4.79 Å². The van der Waals surface area contributed by atoms with Gasteiger partial charge in [0.15, 0.2) is 0 Å². The number of pyridine rings is 1. The number of nitrogens with zero attached hydrogens (tertiary/aromatic N) is 1. The van der Waals surface area contributed by atoms with E-state index in [0.29, 0.717) is 10.8 Å². The molecule has 0 aliphatic rings. The first-order valence-corrected chi connectivity index (χ1v) is 5.45. The van der Waals surface area contributed by atoms with Crippen LogP contribution in [0.2, 0.25) is 5.02 Å². The van der Waals surface area contributed by atoms with Crippen LogP contribution in [0.4, 0.5) is 5.82 Å². The number of hydrogen-bond acceptors (Lipinski definition) is 2. The largest absolute Gasteiger partial charge is 0.311 e. The molecule has 0 aliphatic carbocycles. The second kappa shape index (κ2) is 11.0. The zero-order valence-electron chi connectivity index (χ0n) is 9.97. The van der Waals surface area contributed by atoms with Crippen LogP contribution in [0, 0.1) is 0 Å². The maximum atomic E-state index is 10.5. The van der Waals surface area contributed by atoms with Crippen molar-refractivity contribution in [1.29, 1.82) is 0 Å². The highest BCUT2D eigenvalue weighted by atomic mass is 35.5. The van der Waals surface area contributed by atoms with Gasteiger partial charge in [-0.3, -0.25) is 4.79 Å². The van der Waals surface area contributed by atoms with Gasteiger partial charge in [-0.2, -0.15) is 0 Å². The topological polar surface area (TPSA) is 42.0 Å². The Morgan fingerprint density at radius 2 is 1.80 bits per heavy atom. The fourth-order valence-corrected chi connectivity index (χ4v) is 0.742. The molecule has 4 heteroatoms. The summed E-state index contributed by atoms with van der Waals surface area (Å²) >= 11 is 5.57. The minimum Gasteiger partial charge on any atom is -0.311 e.